The summed E-state index contributed by atoms with van der Waals surface area (Å²) in [6, 6.07) is 25.7. The van der Waals surface area contributed by atoms with E-state index in [-0.39, 0.29) is 10.8 Å². The van der Waals surface area contributed by atoms with Crippen LogP contribution in [0.4, 0.5) is 0 Å². The molecule has 1 aliphatic carbocycles. The highest BCUT2D eigenvalue weighted by Crippen LogP contribution is 2.44. The first-order chi connectivity index (χ1) is 23.2. The molecule has 4 aromatic carbocycles. The van der Waals surface area contributed by atoms with E-state index < -0.39 is 0 Å². The molecule has 0 aromatic heterocycles. The zero-order valence-corrected chi connectivity index (χ0v) is 32.8. The molecule has 0 bridgehead atoms. The Morgan fingerprint density at radius 1 is 0.592 bits per heavy atom. The van der Waals surface area contributed by atoms with E-state index in [2.05, 4.69) is 140 Å². The van der Waals surface area contributed by atoms with Crippen LogP contribution >= 0.6 is 23.5 Å². The molecule has 2 unspecified atom stereocenters. The fourth-order valence-corrected chi connectivity index (χ4v) is 9.92. The molecular formula is C45H58O2S2. The lowest BCUT2D eigenvalue weighted by Gasteiger charge is -2.30. The van der Waals surface area contributed by atoms with Crippen LogP contribution < -0.4 is 0 Å². The van der Waals surface area contributed by atoms with Crippen molar-refractivity contribution < 1.29 is 10.2 Å². The number of thioether (sulfide) groups is 2. The van der Waals surface area contributed by atoms with E-state index in [1.165, 1.54) is 60.8 Å². The molecule has 4 aromatic rings. The molecule has 0 saturated heterocycles. The van der Waals surface area contributed by atoms with Crippen LogP contribution in [-0.4, -0.2) is 21.2 Å². The highest BCUT2D eigenvalue weighted by Gasteiger charge is 2.27. The summed E-state index contributed by atoms with van der Waals surface area (Å²) in [5.74, 6) is 4.16. The van der Waals surface area contributed by atoms with Gasteiger partial charge in [-0.25, -0.2) is 0 Å². The van der Waals surface area contributed by atoms with Crippen molar-refractivity contribution >= 4 is 23.5 Å². The number of aromatic hydroxyl groups is 2. The van der Waals surface area contributed by atoms with Crippen molar-refractivity contribution in [3.63, 3.8) is 0 Å². The van der Waals surface area contributed by atoms with E-state index in [0.717, 1.165) is 50.6 Å². The third-order valence-electron chi connectivity index (χ3n) is 10.4. The third kappa shape index (κ3) is 9.30. The molecule has 2 atom stereocenters. The second-order valence-electron chi connectivity index (χ2n) is 16.3. The van der Waals surface area contributed by atoms with Gasteiger partial charge in [-0.3, -0.25) is 0 Å². The summed E-state index contributed by atoms with van der Waals surface area (Å²) in [6.07, 6.45) is 7.66. The number of benzene rings is 4. The smallest absolute Gasteiger partial charge is 0.127 e. The molecule has 0 aliphatic heterocycles. The van der Waals surface area contributed by atoms with Crippen molar-refractivity contribution in [2.24, 2.45) is 5.92 Å². The summed E-state index contributed by atoms with van der Waals surface area (Å²) in [7, 11) is 0. The fourth-order valence-electron chi connectivity index (χ4n) is 7.09. The maximum atomic E-state index is 11.7. The highest BCUT2D eigenvalue weighted by molar-refractivity contribution is 7.99. The average molecular weight is 695 g/mol. The van der Waals surface area contributed by atoms with Gasteiger partial charge in [0.1, 0.15) is 11.5 Å². The second kappa shape index (κ2) is 16.0. The maximum absolute atomic E-state index is 11.7. The van der Waals surface area contributed by atoms with Crippen molar-refractivity contribution in [1.82, 2.24) is 0 Å². The Bertz CT molecular complexity index is 1730. The molecule has 0 radical (unpaired) electrons. The van der Waals surface area contributed by atoms with Crippen molar-refractivity contribution in [1.29, 1.82) is 0 Å². The molecule has 2 nitrogen and oxygen atoms in total. The van der Waals surface area contributed by atoms with Gasteiger partial charge in [0.25, 0.3) is 0 Å². The normalized spacial score (nSPS) is 17.5. The van der Waals surface area contributed by atoms with Crippen LogP contribution in [0, 0.1) is 19.8 Å². The van der Waals surface area contributed by atoms with Gasteiger partial charge in [0, 0.05) is 39.0 Å². The van der Waals surface area contributed by atoms with Gasteiger partial charge in [0.05, 0.1) is 0 Å². The molecule has 5 rings (SSSR count). The molecule has 0 spiro atoms. The Labute approximate surface area is 305 Å². The van der Waals surface area contributed by atoms with Gasteiger partial charge < -0.3 is 10.2 Å². The Hall–Kier alpha value is -2.82. The van der Waals surface area contributed by atoms with E-state index >= 15 is 0 Å². The molecule has 0 heterocycles. The Morgan fingerprint density at radius 3 is 1.55 bits per heavy atom. The van der Waals surface area contributed by atoms with Gasteiger partial charge >= 0.3 is 0 Å². The van der Waals surface area contributed by atoms with Crippen molar-refractivity contribution in [2.75, 3.05) is 5.75 Å². The lowest BCUT2D eigenvalue weighted by molar-refractivity contribution is 0.419. The Balaban J connectivity index is 1.37. The van der Waals surface area contributed by atoms with E-state index in [1.807, 2.05) is 11.8 Å². The molecule has 0 amide bonds. The van der Waals surface area contributed by atoms with Crippen LogP contribution in [0.3, 0.4) is 0 Å². The summed E-state index contributed by atoms with van der Waals surface area (Å²) in [4.78, 5) is 0. The summed E-state index contributed by atoms with van der Waals surface area (Å²) < 4.78 is 0. The quantitative estimate of drug-likeness (QED) is 0.183. The van der Waals surface area contributed by atoms with E-state index in [0.29, 0.717) is 22.7 Å². The first-order valence-corrected chi connectivity index (χ1v) is 20.5. The lowest BCUT2D eigenvalue weighted by atomic mass is 9.83. The predicted octanol–water partition coefficient (Wildman–Crippen LogP) is 13.1. The number of phenolic OH excluding ortho intramolecular Hbond substituents is 2. The third-order valence-corrected chi connectivity index (χ3v) is 13.1. The lowest BCUT2D eigenvalue weighted by Crippen LogP contribution is -2.22. The average Bonchev–Trinajstić information content (AvgIpc) is 3.03. The maximum Gasteiger partial charge on any atom is 0.127 e. The van der Waals surface area contributed by atoms with E-state index in [1.54, 1.807) is 0 Å². The summed E-state index contributed by atoms with van der Waals surface area (Å²) in [5.41, 5.74) is 11.1. The van der Waals surface area contributed by atoms with Crippen LogP contribution in [0.25, 0.3) is 22.3 Å². The largest absolute Gasteiger partial charge is 0.507 e. The second-order valence-corrected chi connectivity index (χ2v) is 18.6. The molecule has 1 fully saturated rings. The Kier molecular flexibility index (Phi) is 12.2. The first-order valence-electron chi connectivity index (χ1n) is 18.3. The monoisotopic (exact) mass is 694 g/mol. The van der Waals surface area contributed by atoms with Crippen LogP contribution in [0.2, 0.25) is 0 Å². The fraction of sp³-hybridized carbons (Fsp3) is 0.467. The van der Waals surface area contributed by atoms with Gasteiger partial charge in [-0.05, 0) is 94.7 Å². The minimum atomic E-state index is -0.0150. The molecular weight excluding hydrogens is 637 g/mol. The number of phenols is 2. The minimum absolute atomic E-state index is 0.0131. The van der Waals surface area contributed by atoms with Gasteiger partial charge in [-0.2, -0.15) is 23.5 Å². The van der Waals surface area contributed by atoms with Gasteiger partial charge in [-0.15, -0.1) is 0 Å². The molecule has 4 heteroatoms. The number of hydrogen-bond acceptors (Lipinski definition) is 4. The minimum Gasteiger partial charge on any atom is -0.507 e. The van der Waals surface area contributed by atoms with Crippen LogP contribution in [0.5, 0.6) is 11.5 Å². The van der Waals surface area contributed by atoms with Gasteiger partial charge in [0.2, 0.25) is 0 Å². The number of rotatable bonds is 9. The van der Waals surface area contributed by atoms with Gasteiger partial charge in [-0.1, -0.05) is 128 Å². The molecule has 1 saturated carbocycles. The van der Waals surface area contributed by atoms with Crippen molar-refractivity contribution in [2.45, 2.75) is 122 Å². The SMILES string of the molecule is Cc1ccccc1-c1cc(C(C)(C)C)cc(CSCC2CCCCCCC2SCc2cc(C(C)(C)C)cc(-c3ccccc3C)c2O)c1O. The predicted molar refractivity (Wildman–Crippen MR) is 216 cm³/mol. The van der Waals surface area contributed by atoms with Crippen LogP contribution in [-0.2, 0) is 22.3 Å². The summed E-state index contributed by atoms with van der Waals surface area (Å²) in [5, 5.41) is 23.9. The Morgan fingerprint density at radius 2 is 1.06 bits per heavy atom. The van der Waals surface area contributed by atoms with E-state index in [9.17, 15) is 10.2 Å². The van der Waals surface area contributed by atoms with Crippen LogP contribution in [0.1, 0.15) is 113 Å². The zero-order chi connectivity index (χ0) is 35.3. The first kappa shape index (κ1) is 37.4. The van der Waals surface area contributed by atoms with Gasteiger partial charge in [0.15, 0.2) is 0 Å². The molecule has 1 aliphatic rings. The summed E-state index contributed by atoms with van der Waals surface area (Å²) in [6.45, 7) is 17.8. The molecule has 49 heavy (non-hydrogen) atoms. The number of aryl methyl sites for hydroxylation is 2. The van der Waals surface area contributed by atoms with E-state index in [4.69, 9.17) is 0 Å². The van der Waals surface area contributed by atoms with Crippen molar-refractivity contribution in [3.8, 4) is 33.8 Å². The molecule has 262 valence electrons. The van der Waals surface area contributed by atoms with Crippen LogP contribution in [0.15, 0.2) is 72.8 Å². The topological polar surface area (TPSA) is 40.5 Å². The zero-order valence-electron chi connectivity index (χ0n) is 31.2. The summed E-state index contributed by atoms with van der Waals surface area (Å²) >= 11 is 4.04. The number of hydrogen-bond donors (Lipinski definition) is 2. The molecule has 2 N–H and O–H groups in total. The van der Waals surface area contributed by atoms with Crippen molar-refractivity contribution in [3.05, 3.63) is 106 Å². The highest BCUT2D eigenvalue weighted by atomic mass is 32.2. The standard InChI is InChI=1S/C45H58O2S2/c1-30-17-13-15-20-37(30)39-25-35(44(3,4)5)23-33(42(39)46)28-48-27-32-19-11-9-10-12-22-41(32)49-29-34-24-36(45(6,7)8)26-40(43(34)47)38-21-16-14-18-31(38)2/h13-18,20-21,23-26,32,41,46-47H,9-12,19,22,27-29H2,1-8H3.